The van der Waals surface area contributed by atoms with Gasteiger partial charge in [-0.2, -0.15) is 0 Å². The molecule has 0 aromatic rings. The topological polar surface area (TPSA) is 190 Å². The van der Waals surface area contributed by atoms with Gasteiger partial charge in [0, 0.05) is 0 Å². The Morgan fingerprint density at radius 1 is 0.800 bits per heavy atom. The Hall–Kier alpha value is 2.08. The molecule has 0 saturated carbocycles. The van der Waals surface area contributed by atoms with Gasteiger partial charge in [0.1, 0.15) is 49.3 Å². The van der Waals surface area contributed by atoms with Gasteiger partial charge in [-0.25, -0.2) is 0 Å². The van der Waals surface area contributed by atoms with Crippen LogP contribution in [0.3, 0.4) is 0 Å². The van der Waals surface area contributed by atoms with Crippen LogP contribution in [-0.2, 0) is 14.2 Å². The van der Waals surface area contributed by atoms with Gasteiger partial charge in [0.05, 0.1) is 13.2 Å². The Morgan fingerprint density at radius 3 is 1.80 bits per heavy atom. The van der Waals surface area contributed by atoms with Gasteiger partial charge in [-0.3, -0.25) is 0 Å². The first-order valence-corrected chi connectivity index (χ1v) is 7.05. The van der Waals surface area contributed by atoms with Gasteiger partial charge in [0.2, 0.25) is 5.79 Å². The zero-order valence-electron chi connectivity index (χ0n) is 17.5. The first-order chi connectivity index (χ1) is 10.8. The van der Waals surface area contributed by atoms with Crippen molar-refractivity contribution in [1.82, 2.24) is 0 Å². The minimum Gasteiger partial charge on any atom is -1.00 e. The van der Waals surface area contributed by atoms with Crippen molar-refractivity contribution in [3.05, 3.63) is 0 Å². The summed E-state index contributed by atoms with van der Waals surface area (Å²) in [4.78, 5) is 0. The fraction of sp³-hybridized carbons (Fsp3) is 1.00. The second-order valence-electron chi connectivity index (χ2n) is 5.56. The Kier molecular flexibility index (Phi) is 12.3. The van der Waals surface area contributed by atoms with Crippen molar-refractivity contribution in [3.63, 3.8) is 0 Å². The Morgan fingerprint density at radius 2 is 1.36 bits per heavy atom. The molecule has 9 atom stereocenters. The van der Waals surface area contributed by atoms with E-state index in [1.807, 2.05) is 0 Å². The summed E-state index contributed by atoms with van der Waals surface area (Å²) in [5.74, 6) is -2.22. The van der Waals surface area contributed by atoms with Crippen LogP contribution in [0.4, 0.5) is 0 Å². The molecule has 2 fully saturated rings. The van der Waals surface area contributed by atoms with Crippen LogP contribution >= 0.6 is 0 Å². The van der Waals surface area contributed by atoms with Crippen LogP contribution in [0.2, 0.25) is 0 Å². The van der Waals surface area contributed by atoms with E-state index in [0.717, 1.165) is 0 Å². The van der Waals surface area contributed by atoms with E-state index in [4.69, 9.17) is 24.4 Å². The van der Waals surface area contributed by atoms with Crippen LogP contribution < -0.4 is 0 Å². The van der Waals surface area contributed by atoms with E-state index in [0.29, 0.717) is 0 Å². The van der Waals surface area contributed by atoms with Gasteiger partial charge < -0.3 is 60.8 Å². The maximum atomic E-state index is 10.00. The fourth-order valence-corrected chi connectivity index (χ4v) is 2.63. The predicted octanol–water partition coefficient (Wildman–Crippen LogP) is -5.71. The van der Waals surface area contributed by atoms with Crippen molar-refractivity contribution in [3.8, 4) is 0 Å². The van der Waals surface area contributed by atoms with Gasteiger partial charge in [0.25, 0.3) is 0 Å². The zero-order chi connectivity index (χ0) is 17.4. The molecule has 25 heavy (non-hydrogen) atoms. The molecule has 0 spiro atoms. The summed E-state index contributed by atoms with van der Waals surface area (Å²) >= 11 is 0. The van der Waals surface area contributed by atoms with Crippen LogP contribution in [0, 0.1) is 0 Å². The molecule has 2 aliphatic heterocycles. The van der Waals surface area contributed by atoms with E-state index >= 15 is 0 Å². The first-order valence-electron chi connectivity index (χ1n) is 7.05. The van der Waals surface area contributed by atoms with Crippen molar-refractivity contribution < 1.29 is 60.8 Å². The third kappa shape index (κ3) is 5.37. The molecular formula is C12H26Ca2O11. The summed E-state index contributed by atoms with van der Waals surface area (Å²) < 4.78 is 15.4. The van der Waals surface area contributed by atoms with Crippen molar-refractivity contribution in [2.75, 3.05) is 19.8 Å². The number of hydrogen-bond donors (Lipinski definition) is 8. The molecule has 11 nitrogen and oxygen atoms in total. The summed E-state index contributed by atoms with van der Waals surface area (Å²) in [6, 6.07) is 0. The number of aliphatic hydroxyl groups is 8. The molecule has 2 heterocycles. The van der Waals surface area contributed by atoms with Crippen molar-refractivity contribution >= 4 is 75.5 Å². The third-order valence-corrected chi connectivity index (χ3v) is 4.07. The molecular weight excluding hydrogens is 400 g/mol. The molecule has 0 amide bonds. The molecule has 144 valence electrons. The summed E-state index contributed by atoms with van der Waals surface area (Å²) in [6.07, 6.45) is -12.7. The van der Waals surface area contributed by atoms with Crippen LogP contribution in [0.15, 0.2) is 0 Å². The Labute approximate surface area is 209 Å². The molecule has 0 aliphatic carbocycles. The van der Waals surface area contributed by atoms with Gasteiger partial charge >= 0.3 is 75.5 Å². The summed E-state index contributed by atoms with van der Waals surface area (Å²) in [6.45, 7) is -2.32. The summed E-state index contributed by atoms with van der Waals surface area (Å²) in [5, 5.41) is 76.7. The van der Waals surface area contributed by atoms with E-state index in [2.05, 4.69) is 0 Å². The van der Waals surface area contributed by atoms with Crippen molar-refractivity contribution in [2.24, 2.45) is 0 Å². The molecule has 13 heteroatoms. The number of aliphatic hydroxyl groups excluding tert-OH is 8. The van der Waals surface area contributed by atoms with Crippen LogP contribution in [0.1, 0.15) is 5.71 Å². The van der Waals surface area contributed by atoms with Gasteiger partial charge in [0.15, 0.2) is 6.29 Å². The first kappa shape index (κ1) is 27.1. The summed E-state index contributed by atoms with van der Waals surface area (Å²) in [7, 11) is 0. The predicted molar refractivity (Wildman–Crippen MR) is 84.6 cm³/mol. The second kappa shape index (κ2) is 11.3. The second-order valence-corrected chi connectivity index (χ2v) is 5.56. The molecule has 0 radical (unpaired) electrons. The molecule has 2 rings (SSSR count). The third-order valence-electron chi connectivity index (χ3n) is 4.07. The summed E-state index contributed by atoms with van der Waals surface area (Å²) in [5.41, 5.74) is 0. The van der Waals surface area contributed by atoms with E-state index in [1.165, 1.54) is 0 Å². The fourth-order valence-electron chi connectivity index (χ4n) is 2.63. The SMILES string of the molecule is OC[C@H]1O[C@@](CO)(O[C@H]2O[C@H](CO)[C@@H](O)[C@H](O)[C@H]2O)[C@@H](O)[C@@H]1O.[Ca+2].[Ca+2].[H-].[H-].[H-].[H-]. The van der Waals surface area contributed by atoms with Gasteiger partial charge in [-0.1, -0.05) is 0 Å². The minimum absolute atomic E-state index is 0. The molecule has 8 N–H and O–H groups in total. The molecule has 0 aromatic heterocycles. The van der Waals surface area contributed by atoms with E-state index in [-0.39, 0.29) is 81.2 Å². The Balaban J connectivity index is -0.000000320. The van der Waals surface area contributed by atoms with E-state index in [1.54, 1.807) is 0 Å². The standard InChI is InChI=1S/C12H22O11.2Ca.4H/c13-1-4-6(16)8(18)9(19)11(21-4)23-12(3-15)10(20)7(17)5(2-14)22-12;;;;;;/h4-11,13-20H,1-3H2;;;;;;/q;2*+2;4*-1/t4-,5-,6-,7-,8+,9-,10+,11-,12+;;;;;;/m1....../s1. The smallest absolute Gasteiger partial charge is 1.00 e. The molecule has 0 unspecified atom stereocenters. The number of rotatable bonds is 5. The van der Waals surface area contributed by atoms with Crippen LogP contribution in [0.25, 0.3) is 0 Å². The zero-order valence-corrected chi connectivity index (χ0v) is 17.9. The maximum absolute atomic E-state index is 10.00. The molecule has 0 aromatic carbocycles. The van der Waals surface area contributed by atoms with Gasteiger partial charge in [-0.05, 0) is 0 Å². The van der Waals surface area contributed by atoms with Crippen LogP contribution in [-0.4, -0.2) is 191 Å². The van der Waals surface area contributed by atoms with E-state index in [9.17, 15) is 30.6 Å². The molecule has 0 bridgehead atoms. The largest absolute Gasteiger partial charge is 2.00 e. The van der Waals surface area contributed by atoms with Gasteiger partial charge in [-0.15, -0.1) is 0 Å². The monoisotopic (exact) mass is 426 g/mol. The number of ether oxygens (including phenoxy) is 3. The van der Waals surface area contributed by atoms with E-state index < -0.39 is 74.6 Å². The maximum Gasteiger partial charge on any atom is 2.00 e. The van der Waals surface area contributed by atoms with Crippen LogP contribution in [0.5, 0.6) is 0 Å². The minimum atomic E-state index is -2.22. The molecule has 2 saturated heterocycles. The average molecular weight is 426 g/mol. The average Bonchev–Trinajstić information content (AvgIpc) is 2.80. The van der Waals surface area contributed by atoms with Crippen molar-refractivity contribution in [2.45, 2.75) is 54.8 Å². The number of hydrogen-bond acceptors (Lipinski definition) is 11. The Bertz CT molecular complexity index is 420. The normalized spacial score (nSPS) is 47.0. The quantitative estimate of drug-likeness (QED) is 0.196. The molecule has 2 aliphatic rings. The van der Waals surface area contributed by atoms with Crippen molar-refractivity contribution in [1.29, 1.82) is 0 Å².